The largest absolute Gasteiger partial charge is 0.380 e. The van der Waals surface area contributed by atoms with Gasteiger partial charge in [0.1, 0.15) is 0 Å². The Balaban J connectivity index is 1.59. The van der Waals surface area contributed by atoms with Crippen molar-refractivity contribution in [3.63, 3.8) is 0 Å². The zero-order chi connectivity index (χ0) is 25.1. The molecule has 2 aromatic carbocycles. The molecule has 3 aromatic rings. The summed E-state index contributed by atoms with van der Waals surface area (Å²) in [5, 5.41) is 7.43. The van der Waals surface area contributed by atoms with Crippen LogP contribution in [-0.2, 0) is 4.74 Å². The number of benzene rings is 2. The van der Waals surface area contributed by atoms with Gasteiger partial charge in [-0.05, 0) is 67.1 Å². The highest BCUT2D eigenvalue weighted by Crippen LogP contribution is 2.57. The third kappa shape index (κ3) is 4.72. The molecule has 4 rings (SSSR count). The van der Waals surface area contributed by atoms with Gasteiger partial charge in [-0.1, -0.05) is 44.5 Å². The number of hydrogen-bond donors (Lipinski definition) is 1. The Kier molecular flexibility index (Phi) is 7.60. The van der Waals surface area contributed by atoms with Gasteiger partial charge in [-0.15, -0.1) is 0 Å². The zero-order valence-corrected chi connectivity index (χ0v) is 21.8. The average Bonchev–Trinajstić information content (AvgIpc) is 3.24. The van der Waals surface area contributed by atoms with Gasteiger partial charge in [0.15, 0.2) is 0 Å². The maximum atomic E-state index is 12.5. The van der Waals surface area contributed by atoms with E-state index in [2.05, 4.69) is 78.7 Å². The van der Waals surface area contributed by atoms with Crippen molar-refractivity contribution in [2.75, 3.05) is 25.6 Å². The van der Waals surface area contributed by atoms with Crippen LogP contribution in [0.3, 0.4) is 0 Å². The topological polar surface area (TPSA) is 59.4 Å². The predicted molar refractivity (Wildman–Crippen MR) is 142 cm³/mol. The fourth-order valence-corrected chi connectivity index (χ4v) is 5.67. The summed E-state index contributed by atoms with van der Waals surface area (Å²) in [6.45, 7) is 9.12. The van der Waals surface area contributed by atoms with Gasteiger partial charge in [0.25, 0.3) is 0 Å². The van der Waals surface area contributed by atoms with Crippen molar-refractivity contribution in [2.24, 2.45) is 5.92 Å². The normalized spacial score (nSPS) is 21.4. The fraction of sp³-hybridized carbons (Fsp3) is 0.448. The molecule has 0 saturated heterocycles. The van der Waals surface area contributed by atoms with Crippen molar-refractivity contribution >= 4 is 17.4 Å². The van der Waals surface area contributed by atoms with E-state index in [-0.39, 0.29) is 18.1 Å². The second kappa shape index (κ2) is 10.6. The van der Waals surface area contributed by atoms with E-state index >= 15 is 0 Å². The number of anilines is 2. The molecule has 0 spiro atoms. The number of hydrogen-bond acceptors (Lipinski definition) is 4. The van der Waals surface area contributed by atoms with Crippen LogP contribution in [-0.4, -0.2) is 42.6 Å². The lowest BCUT2D eigenvalue weighted by molar-refractivity contribution is -0.0523. The minimum Gasteiger partial charge on any atom is -0.380 e. The number of carbonyl (C=O) groups excluding carboxylic acids is 1. The van der Waals surface area contributed by atoms with E-state index in [4.69, 9.17) is 4.74 Å². The van der Waals surface area contributed by atoms with E-state index in [1.807, 2.05) is 26.1 Å². The summed E-state index contributed by atoms with van der Waals surface area (Å²) in [6.07, 6.45) is 3.88. The molecule has 6 nitrogen and oxygen atoms in total. The molecule has 1 aliphatic rings. The maximum absolute atomic E-state index is 12.5. The third-order valence-electron chi connectivity index (χ3n) is 7.55. The van der Waals surface area contributed by atoms with Crippen molar-refractivity contribution < 1.29 is 9.53 Å². The summed E-state index contributed by atoms with van der Waals surface area (Å²) in [5.74, 6) is 0.947. The second-order valence-corrected chi connectivity index (χ2v) is 9.61. The summed E-state index contributed by atoms with van der Waals surface area (Å²) < 4.78 is 7.55. The molecule has 35 heavy (non-hydrogen) atoms. The van der Waals surface area contributed by atoms with Gasteiger partial charge in [0.2, 0.25) is 0 Å². The predicted octanol–water partition coefficient (Wildman–Crippen LogP) is 6.16. The SMILES string of the molecule is CCCNC(=O)n1cc(C2C(CC)C(c3ccc(N(C)c4ccccc4)cc3C)C2OC)c(C)n1. The van der Waals surface area contributed by atoms with Crippen LogP contribution in [0.15, 0.2) is 54.7 Å². The van der Waals surface area contributed by atoms with Gasteiger partial charge in [0.05, 0.1) is 11.8 Å². The molecule has 1 amide bonds. The van der Waals surface area contributed by atoms with Crippen LogP contribution in [0, 0.1) is 19.8 Å². The van der Waals surface area contributed by atoms with Crippen LogP contribution in [0.1, 0.15) is 60.9 Å². The summed E-state index contributed by atoms with van der Waals surface area (Å²) in [7, 11) is 3.91. The first-order valence-corrected chi connectivity index (χ1v) is 12.7. The van der Waals surface area contributed by atoms with Crippen molar-refractivity contribution in [3.05, 3.63) is 77.1 Å². The van der Waals surface area contributed by atoms with Crippen LogP contribution in [0.2, 0.25) is 0 Å². The molecule has 0 bridgehead atoms. The quantitative estimate of drug-likeness (QED) is 0.425. The standard InChI is InChI=1S/C29H38N4O2/c1-7-16-30-29(34)33-18-25(20(4)31-33)27-23(8-2)26(28(27)35-6)24-15-14-22(17-19(24)3)32(5)21-12-10-9-11-13-21/h9-15,17-18,23,26-28H,7-8,16H2,1-6H3,(H,30,34). The molecule has 6 heteroatoms. The molecule has 1 fully saturated rings. The summed E-state index contributed by atoms with van der Waals surface area (Å²) >= 11 is 0. The van der Waals surface area contributed by atoms with Crippen molar-refractivity contribution in [3.8, 4) is 0 Å². The highest BCUT2D eigenvalue weighted by molar-refractivity contribution is 5.76. The monoisotopic (exact) mass is 474 g/mol. The number of amides is 1. The van der Waals surface area contributed by atoms with Crippen LogP contribution in [0.5, 0.6) is 0 Å². The molecule has 1 saturated carbocycles. The first-order valence-electron chi connectivity index (χ1n) is 12.7. The number of methoxy groups -OCH3 is 1. The Morgan fingerprint density at radius 1 is 1.06 bits per heavy atom. The van der Waals surface area contributed by atoms with Gasteiger partial charge in [-0.25, -0.2) is 4.79 Å². The van der Waals surface area contributed by atoms with E-state index in [9.17, 15) is 4.79 Å². The number of nitrogens with one attached hydrogen (secondary N) is 1. The molecule has 1 aliphatic carbocycles. The number of nitrogens with zero attached hydrogens (tertiary/aromatic N) is 3. The maximum Gasteiger partial charge on any atom is 0.342 e. The van der Waals surface area contributed by atoms with E-state index < -0.39 is 0 Å². The minimum absolute atomic E-state index is 0.0476. The van der Waals surface area contributed by atoms with Gasteiger partial charge < -0.3 is 15.0 Å². The second-order valence-electron chi connectivity index (χ2n) is 9.61. The fourth-order valence-electron chi connectivity index (χ4n) is 5.67. The van der Waals surface area contributed by atoms with Crippen LogP contribution < -0.4 is 10.2 Å². The van der Waals surface area contributed by atoms with Gasteiger partial charge in [0, 0.05) is 50.1 Å². The van der Waals surface area contributed by atoms with E-state index in [1.54, 1.807) is 7.11 Å². The zero-order valence-electron chi connectivity index (χ0n) is 21.8. The summed E-state index contributed by atoms with van der Waals surface area (Å²) in [4.78, 5) is 14.7. The molecule has 4 unspecified atom stereocenters. The van der Waals surface area contributed by atoms with Crippen molar-refractivity contribution in [2.45, 2.75) is 58.5 Å². The molecule has 0 radical (unpaired) electrons. The Labute approximate surface area is 209 Å². The summed E-state index contributed by atoms with van der Waals surface area (Å²) in [6, 6.07) is 17.0. The number of carbonyl (C=O) groups is 1. The van der Waals surface area contributed by atoms with Gasteiger partial charge >= 0.3 is 6.03 Å². The highest BCUT2D eigenvalue weighted by Gasteiger charge is 2.52. The van der Waals surface area contributed by atoms with E-state index in [1.165, 1.54) is 27.2 Å². The third-order valence-corrected chi connectivity index (χ3v) is 7.55. The van der Waals surface area contributed by atoms with Crippen LogP contribution in [0.25, 0.3) is 0 Å². The van der Waals surface area contributed by atoms with E-state index in [0.717, 1.165) is 24.1 Å². The van der Waals surface area contributed by atoms with Crippen LogP contribution in [0.4, 0.5) is 16.2 Å². The van der Waals surface area contributed by atoms with Crippen molar-refractivity contribution in [1.82, 2.24) is 15.1 Å². The first-order chi connectivity index (χ1) is 16.9. The average molecular weight is 475 g/mol. The Bertz CT molecular complexity index is 1140. The molecule has 0 aliphatic heterocycles. The molecular formula is C29H38N4O2. The smallest absolute Gasteiger partial charge is 0.342 e. The summed E-state index contributed by atoms with van der Waals surface area (Å²) in [5.41, 5.74) is 6.98. The Morgan fingerprint density at radius 3 is 2.40 bits per heavy atom. The van der Waals surface area contributed by atoms with Gasteiger partial charge in [-0.2, -0.15) is 9.78 Å². The Morgan fingerprint density at radius 2 is 1.77 bits per heavy atom. The van der Waals surface area contributed by atoms with Gasteiger partial charge in [-0.3, -0.25) is 0 Å². The number of para-hydroxylation sites is 1. The number of ether oxygens (including phenoxy) is 1. The van der Waals surface area contributed by atoms with Crippen molar-refractivity contribution in [1.29, 1.82) is 0 Å². The molecule has 1 aromatic heterocycles. The lowest BCUT2D eigenvalue weighted by atomic mass is 9.56. The number of rotatable bonds is 8. The minimum atomic E-state index is -0.173. The highest BCUT2D eigenvalue weighted by atomic mass is 16.5. The van der Waals surface area contributed by atoms with Crippen LogP contribution >= 0.6 is 0 Å². The molecule has 1 N–H and O–H groups in total. The van der Waals surface area contributed by atoms with E-state index in [0.29, 0.717) is 18.4 Å². The molecule has 1 heterocycles. The lowest BCUT2D eigenvalue weighted by Gasteiger charge is -2.52. The number of aryl methyl sites for hydroxylation is 2. The first kappa shape index (κ1) is 25.0. The number of aromatic nitrogens is 2. The lowest BCUT2D eigenvalue weighted by Crippen LogP contribution is -2.49. The molecular weight excluding hydrogens is 436 g/mol. The molecule has 186 valence electrons. The Hall–Kier alpha value is -3.12. The molecule has 4 atom stereocenters.